The van der Waals surface area contributed by atoms with Gasteiger partial charge >= 0.3 is 5.97 Å². The fourth-order valence-electron chi connectivity index (χ4n) is 2.60. The number of para-hydroxylation sites is 1. The molecule has 1 aliphatic rings. The Hall–Kier alpha value is -1.88. The number of hydrogen-bond donors (Lipinski definition) is 2. The highest BCUT2D eigenvalue weighted by atomic mass is 16.4. The summed E-state index contributed by atoms with van der Waals surface area (Å²) in [5.41, 5.74) is 7.58. The van der Waals surface area contributed by atoms with E-state index in [0.29, 0.717) is 12.8 Å². The third-order valence-electron chi connectivity index (χ3n) is 3.68. The van der Waals surface area contributed by atoms with Crippen LogP contribution in [0.1, 0.15) is 25.3 Å². The largest absolute Gasteiger partial charge is 0.481 e. The Morgan fingerprint density at radius 1 is 1.45 bits per heavy atom. The molecule has 1 aromatic carbocycles. The molecule has 0 saturated carbocycles. The van der Waals surface area contributed by atoms with Gasteiger partial charge in [0.1, 0.15) is 0 Å². The molecule has 20 heavy (non-hydrogen) atoms. The first kappa shape index (κ1) is 14.5. The summed E-state index contributed by atoms with van der Waals surface area (Å²) >= 11 is 0. The van der Waals surface area contributed by atoms with Crippen LogP contribution >= 0.6 is 0 Å². The third-order valence-corrected chi connectivity index (χ3v) is 3.68. The summed E-state index contributed by atoms with van der Waals surface area (Å²) in [6.45, 7) is 2.17. The lowest BCUT2D eigenvalue weighted by Crippen LogP contribution is -2.49. The fourth-order valence-corrected chi connectivity index (χ4v) is 2.60. The average Bonchev–Trinajstić information content (AvgIpc) is 2.45. The van der Waals surface area contributed by atoms with Gasteiger partial charge in [-0.3, -0.25) is 9.59 Å². The van der Waals surface area contributed by atoms with E-state index in [1.165, 1.54) is 4.90 Å². The highest BCUT2D eigenvalue weighted by molar-refractivity contribution is 5.99. The maximum atomic E-state index is 12.4. The maximum absolute atomic E-state index is 12.4. The summed E-state index contributed by atoms with van der Waals surface area (Å²) in [6, 6.07) is 6.86. The van der Waals surface area contributed by atoms with Crippen LogP contribution in [0.15, 0.2) is 24.3 Å². The van der Waals surface area contributed by atoms with Crippen molar-refractivity contribution >= 4 is 17.6 Å². The molecule has 0 saturated heterocycles. The Bertz CT molecular complexity index is 516. The summed E-state index contributed by atoms with van der Waals surface area (Å²) in [7, 11) is 0. The normalized spacial score (nSPS) is 19.3. The Kier molecular flexibility index (Phi) is 4.39. The van der Waals surface area contributed by atoms with Gasteiger partial charge in [-0.15, -0.1) is 0 Å². The molecular formula is C15H20N2O3. The Morgan fingerprint density at radius 2 is 2.15 bits per heavy atom. The lowest BCUT2D eigenvalue weighted by Gasteiger charge is -2.34. The number of rotatable bonds is 4. The van der Waals surface area contributed by atoms with Crippen LogP contribution in [0.2, 0.25) is 0 Å². The molecule has 0 radical (unpaired) electrons. The van der Waals surface area contributed by atoms with Crippen molar-refractivity contribution in [3.05, 3.63) is 29.8 Å². The van der Waals surface area contributed by atoms with Gasteiger partial charge < -0.3 is 15.7 Å². The number of nitrogens with zero attached hydrogens (tertiary/aromatic N) is 1. The second kappa shape index (κ2) is 6.05. The number of carbonyl (C=O) groups is 2. The van der Waals surface area contributed by atoms with Crippen LogP contribution in [-0.2, 0) is 16.0 Å². The predicted octanol–water partition coefficient (Wildman–Crippen LogP) is 1.40. The van der Waals surface area contributed by atoms with Gasteiger partial charge in [-0.25, -0.2) is 0 Å². The molecule has 5 nitrogen and oxygen atoms in total. The quantitative estimate of drug-likeness (QED) is 0.870. The first-order valence-corrected chi connectivity index (χ1v) is 6.92. The van der Waals surface area contributed by atoms with Gasteiger partial charge in [-0.2, -0.15) is 0 Å². The summed E-state index contributed by atoms with van der Waals surface area (Å²) in [4.78, 5) is 25.2. The number of carbonyl (C=O) groups excluding carboxylic acids is 1. The Labute approximate surface area is 118 Å². The van der Waals surface area contributed by atoms with Gasteiger partial charge in [-0.1, -0.05) is 31.5 Å². The Balaban J connectivity index is 2.31. The van der Waals surface area contributed by atoms with Crippen LogP contribution in [0.5, 0.6) is 0 Å². The number of benzene rings is 1. The van der Waals surface area contributed by atoms with Crippen LogP contribution in [0.25, 0.3) is 0 Å². The first-order valence-electron chi connectivity index (χ1n) is 6.92. The SMILES string of the molecule is CCC[C@H](N)C(=O)N1CC(C(=O)O)Cc2ccccc21. The molecule has 108 valence electrons. The molecule has 0 aliphatic carbocycles. The second-order valence-electron chi connectivity index (χ2n) is 5.21. The van der Waals surface area contributed by atoms with E-state index in [-0.39, 0.29) is 12.5 Å². The minimum Gasteiger partial charge on any atom is -0.481 e. The van der Waals surface area contributed by atoms with Crippen LogP contribution < -0.4 is 10.6 Å². The number of carboxylic acids is 1. The van der Waals surface area contributed by atoms with Crippen molar-refractivity contribution in [1.82, 2.24) is 0 Å². The van der Waals surface area contributed by atoms with E-state index in [1.54, 1.807) is 0 Å². The van der Waals surface area contributed by atoms with Crippen molar-refractivity contribution in [2.45, 2.75) is 32.2 Å². The number of fused-ring (bicyclic) bond motifs is 1. The van der Waals surface area contributed by atoms with Crippen molar-refractivity contribution in [3.63, 3.8) is 0 Å². The van der Waals surface area contributed by atoms with E-state index < -0.39 is 17.9 Å². The number of anilines is 1. The van der Waals surface area contributed by atoms with Crippen molar-refractivity contribution in [2.24, 2.45) is 11.7 Å². The molecule has 5 heteroatoms. The third kappa shape index (κ3) is 2.82. The van der Waals surface area contributed by atoms with E-state index in [4.69, 9.17) is 5.73 Å². The molecule has 2 rings (SSSR count). The number of carboxylic acid groups (broad SMARTS) is 1. The molecule has 0 bridgehead atoms. The van der Waals surface area contributed by atoms with Crippen molar-refractivity contribution in [2.75, 3.05) is 11.4 Å². The van der Waals surface area contributed by atoms with Crippen LogP contribution in [0.3, 0.4) is 0 Å². The van der Waals surface area contributed by atoms with Crippen molar-refractivity contribution in [3.8, 4) is 0 Å². The minimum atomic E-state index is -0.874. The van der Waals surface area contributed by atoms with Gasteiger partial charge in [0.25, 0.3) is 0 Å². The average molecular weight is 276 g/mol. The van der Waals surface area contributed by atoms with Gasteiger partial charge in [0.2, 0.25) is 5.91 Å². The van der Waals surface area contributed by atoms with Gasteiger partial charge in [-0.05, 0) is 24.5 Å². The number of amides is 1. The lowest BCUT2D eigenvalue weighted by molar-refractivity contribution is -0.141. The van der Waals surface area contributed by atoms with Gasteiger partial charge in [0.15, 0.2) is 0 Å². The monoisotopic (exact) mass is 276 g/mol. The molecule has 1 amide bonds. The summed E-state index contributed by atoms with van der Waals surface area (Å²) < 4.78 is 0. The molecule has 0 spiro atoms. The van der Waals surface area contributed by atoms with E-state index in [1.807, 2.05) is 31.2 Å². The van der Waals surface area contributed by atoms with E-state index in [9.17, 15) is 14.7 Å². The van der Waals surface area contributed by atoms with Crippen LogP contribution in [0.4, 0.5) is 5.69 Å². The number of aliphatic carboxylic acids is 1. The smallest absolute Gasteiger partial charge is 0.308 e. The molecule has 1 aromatic rings. The predicted molar refractivity (Wildman–Crippen MR) is 76.5 cm³/mol. The topological polar surface area (TPSA) is 83.6 Å². The highest BCUT2D eigenvalue weighted by Crippen LogP contribution is 2.30. The standard InChI is InChI=1S/C15H20N2O3/c1-2-5-12(16)14(18)17-9-11(15(19)20)8-10-6-3-4-7-13(10)17/h3-4,6-7,11-12H,2,5,8-9,16H2,1H3,(H,19,20)/t11?,12-/m0/s1. The first-order chi connectivity index (χ1) is 9.54. The van der Waals surface area contributed by atoms with Crippen molar-refractivity contribution in [1.29, 1.82) is 0 Å². The molecule has 2 atom stereocenters. The number of hydrogen-bond acceptors (Lipinski definition) is 3. The summed E-state index contributed by atoms with van der Waals surface area (Å²) in [6.07, 6.45) is 1.89. The molecule has 1 heterocycles. The zero-order valence-electron chi connectivity index (χ0n) is 11.6. The summed E-state index contributed by atoms with van der Waals surface area (Å²) in [5.74, 6) is -1.63. The zero-order chi connectivity index (χ0) is 14.7. The van der Waals surface area contributed by atoms with E-state index >= 15 is 0 Å². The highest BCUT2D eigenvalue weighted by Gasteiger charge is 2.33. The molecule has 0 fully saturated rings. The molecule has 1 aliphatic heterocycles. The fraction of sp³-hybridized carbons (Fsp3) is 0.467. The van der Waals surface area contributed by atoms with Gasteiger partial charge in [0, 0.05) is 12.2 Å². The minimum absolute atomic E-state index is 0.190. The zero-order valence-corrected chi connectivity index (χ0v) is 11.6. The van der Waals surface area contributed by atoms with E-state index in [0.717, 1.165) is 17.7 Å². The van der Waals surface area contributed by atoms with Crippen molar-refractivity contribution < 1.29 is 14.7 Å². The van der Waals surface area contributed by atoms with Crippen LogP contribution in [0, 0.1) is 5.92 Å². The molecule has 1 unspecified atom stereocenters. The molecule has 3 N–H and O–H groups in total. The van der Waals surface area contributed by atoms with Crippen LogP contribution in [-0.4, -0.2) is 29.6 Å². The van der Waals surface area contributed by atoms with E-state index in [2.05, 4.69) is 0 Å². The molecule has 0 aromatic heterocycles. The lowest BCUT2D eigenvalue weighted by atomic mass is 9.92. The maximum Gasteiger partial charge on any atom is 0.308 e. The Morgan fingerprint density at radius 3 is 2.80 bits per heavy atom. The summed E-state index contributed by atoms with van der Waals surface area (Å²) in [5, 5.41) is 9.24. The molecular weight excluding hydrogens is 256 g/mol. The number of nitrogens with two attached hydrogens (primary N) is 1. The second-order valence-corrected chi connectivity index (χ2v) is 5.21. The van der Waals surface area contributed by atoms with Gasteiger partial charge in [0.05, 0.1) is 12.0 Å².